The number of aliphatic carboxylic acids is 1. The van der Waals surface area contributed by atoms with Crippen LogP contribution in [0.3, 0.4) is 0 Å². The minimum Gasteiger partial charge on any atom is -0.478 e. The molecule has 1 aliphatic rings. The molecule has 1 heterocycles. The van der Waals surface area contributed by atoms with E-state index in [-0.39, 0.29) is 18.5 Å². The second-order valence-electron chi connectivity index (χ2n) is 9.78. The Morgan fingerprint density at radius 3 is 2.31 bits per heavy atom. The van der Waals surface area contributed by atoms with Gasteiger partial charge < -0.3 is 19.5 Å². The number of aryl methyl sites for hydroxylation is 3. The number of methoxy groups -OCH3 is 1. The van der Waals surface area contributed by atoms with Gasteiger partial charge in [0, 0.05) is 13.7 Å². The number of carbonyl (C=O) groups is 3. The first-order chi connectivity index (χ1) is 17.0. The highest BCUT2D eigenvalue weighted by Gasteiger charge is 2.44. The predicted molar refractivity (Wildman–Crippen MR) is 136 cm³/mol. The molecule has 1 unspecified atom stereocenters. The monoisotopic (exact) mass is 496 g/mol. The quantitative estimate of drug-likeness (QED) is 0.439. The summed E-state index contributed by atoms with van der Waals surface area (Å²) < 4.78 is 10.7. The fourth-order valence-corrected chi connectivity index (χ4v) is 4.21. The van der Waals surface area contributed by atoms with E-state index in [1.807, 2.05) is 44.2 Å². The third-order valence-electron chi connectivity index (χ3n) is 6.61. The van der Waals surface area contributed by atoms with Crippen molar-refractivity contribution in [3.05, 3.63) is 64.7 Å². The maximum Gasteiger partial charge on any atom is 0.347 e. The lowest BCUT2D eigenvalue weighted by Gasteiger charge is -2.22. The van der Waals surface area contributed by atoms with E-state index < -0.39 is 17.6 Å². The van der Waals surface area contributed by atoms with Crippen molar-refractivity contribution in [1.29, 1.82) is 0 Å². The Balaban J connectivity index is 1.63. The number of amides is 3. The van der Waals surface area contributed by atoms with Crippen molar-refractivity contribution < 1.29 is 29.0 Å². The number of ether oxygens (including phenoxy) is 2. The molecule has 0 radical (unpaired) electrons. The molecule has 3 rings (SSSR count). The number of urea groups is 1. The van der Waals surface area contributed by atoms with Gasteiger partial charge in [0.1, 0.15) is 11.8 Å². The van der Waals surface area contributed by atoms with Crippen molar-refractivity contribution in [2.24, 2.45) is 0 Å². The van der Waals surface area contributed by atoms with Gasteiger partial charge in [-0.3, -0.25) is 9.69 Å². The summed E-state index contributed by atoms with van der Waals surface area (Å²) in [6.45, 7) is 8.04. The summed E-state index contributed by atoms with van der Waals surface area (Å²) in [4.78, 5) is 40.7. The van der Waals surface area contributed by atoms with Crippen LogP contribution in [0.1, 0.15) is 48.9 Å². The minimum atomic E-state index is -1.31. The summed E-state index contributed by atoms with van der Waals surface area (Å²) in [5.74, 6) is -0.726. The summed E-state index contributed by atoms with van der Waals surface area (Å²) in [6.07, 6.45) is 1.98. The minimum absolute atomic E-state index is 0.172. The zero-order valence-electron chi connectivity index (χ0n) is 21.7. The van der Waals surface area contributed by atoms with Crippen molar-refractivity contribution >= 4 is 17.9 Å². The number of benzene rings is 2. The number of carboxylic acid groups (broad SMARTS) is 1. The summed E-state index contributed by atoms with van der Waals surface area (Å²) in [7, 11) is 1.58. The number of hydrogen-bond acceptors (Lipinski definition) is 5. The van der Waals surface area contributed by atoms with Crippen molar-refractivity contribution in [3.63, 3.8) is 0 Å². The highest BCUT2D eigenvalue weighted by atomic mass is 16.5. The Morgan fingerprint density at radius 2 is 1.69 bits per heavy atom. The number of carboxylic acids is 1. The highest BCUT2D eigenvalue weighted by Crippen LogP contribution is 2.25. The molecule has 194 valence electrons. The van der Waals surface area contributed by atoms with Crippen LogP contribution in [-0.2, 0) is 27.3 Å². The molecule has 2 aromatic rings. The lowest BCUT2D eigenvalue weighted by atomic mass is 10.0. The van der Waals surface area contributed by atoms with Crippen LogP contribution in [0.5, 0.6) is 5.75 Å². The first kappa shape index (κ1) is 27.2. The Kier molecular flexibility index (Phi) is 8.74. The molecule has 3 amide bonds. The molecule has 1 atom stereocenters. The van der Waals surface area contributed by atoms with Crippen LogP contribution in [0, 0.1) is 13.8 Å². The molecule has 1 saturated heterocycles. The number of hydrogen-bond donors (Lipinski definition) is 1. The van der Waals surface area contributed by atoms with Crippen LogP contribution in [-0.4, -0.2) is 64.7 Å². The Morgan fingerprint density at radius 1 is 1.03 bits per heavy atom. The number of rotatable bonds is 12. The maximum absolute atomic E-state index is 13.3. The van der Waals surface area contributed by atoms with Crippen LogP contribution in [0.15, 0.2) is 42.5 Å². The van der Waals surface area contributed by atoms with E-state index in [4.69, 9.17) is 9.47 Å². The van der Waals surface area contributed by atoms with Gasteiger partial charge in [-0.2, -0.15) is 0 Å². The molecule has 1 aliphatic heterocycles. The van der Waals surface area contributed by atoms with Gasteiger partial charge in [0.25, 0.3) is 5.91 Å². The standard InChI is InChI=1S/C28H36N2O6/c1-19-9-10-22(17-20(19)2)18-30-25(31)24(29(27(30)34)15-16-35-5)8-6-7-21-11-13-23(14-12-21)36-28(3,4)26(32)33/h9-14,17,24H,6-8,15-16,18H2,1-5H3,(H,32,33). The lowest BCUT2D eigenvalue weighted by molar-refractivity contribution is -0.152. The zero-order valence-corrected chi connectivity index (χ0v) is 21.7. The molecule has 0 aromatic heterocycles. The number of imide groups is 1. The van der Waals surface area contributed by atoms with Gasteiger partial charge in [-0.15, -0.1) is 0 Å². The van der Waals surface area contributed by atoms with Crippen molar-refractivity contribution in [3.8, 4) is 5.75 Å². The molecule has 0 bridgehead atoms. The third kappa shape index (κ3) is 6.43. The zero-order chi connectivity index (χ0) is 26.5. The third-order valence-corrected chi connectivity index (χ3v) is 6.61. The van der Waals surface area contributed by atoms with E-state index in [2.05, 4.69) is 0 Å². The number of nitrogens with zero attached hydrogens (tertiary/aromatic N) is 2. The molecule has 2 aromatic carbocycles. The van der Waals surface area contributed by atoms with E-state index in [0.29, 0.717) is 31.7 Å². The average Bonchev–Trinajstić information content (AvgIpc) is 3.04. The second-order valence-corrected chi connectivity index (χ2v) is 9.78. The second kappa shape index (κ2) is 11.6. The molecule has 1 N–H and O–H groups in total. The van der Waals surface area contributed by atoms with Gasteiger partial charge in [-0.05, 0) is 81.3 Å². The molecular weight excluding hydrogens is 460 g/mol. The van der Waals surface area contributed by atoms with Gasteiger partial charge >= 0.3 is 12.0 Å². The van der Waals surface area contributed by atoms with Gasteiger partial charge in [0.2, 0.25) is 0 Å². The SMILES string of the molecule is COCCN1C(=O)N(Cc2ccc(C)c(C)c2)C(=O)C1CCCc1ccc(OC(C)(C)C(=O)O)cc1. The Bertz CT molecular complexity index is 1100. The summed E-state index contributed by atoms with van der Waals surface area (Å²) >= 11 is 0. The maximum atomic E-state index is 13.3. The topological polar surface area (TPSA) is 96.4 Å². The summed E-state index contributed by atoms with van der Waals surface area (Å²) in [5, 5.41) is 9.23. The highest BCUT2D eigenvalue weighted by molar-refractivity contribution is 6.04. The van der Waals surface area contributed by atoms with Gasteiger partial charge in [-0.25, -0.2) is 9.59 Å². The Labute approximate surface area is 212 Å². The first-order valence-corrected chi connectivity index (χ1v) is 12.2. The van der Waals surface area contributed by atoms with Crippen LogP contribution in [0.25, 0.3) is 0 Å². The smallest absolute Gasteiger partial charge is 0.347 e. The first-order valence-electron chi connectivity index (χ1n) is 12.2. The van der Waals surface area contributed by atoms with Gasteiger partial charge in [0.05, 0.1) is 13.2 Å². The number of carbonyl (C=O) groups excluding carboxylic acids is 2. The molecule has 8 nitrogen and oxygen atoms in total. The van der Waals surface area contributed by atoms with Crippen molar-refractivity contribution in [1.82, 2.24) is 9.80 Å². The van der Waals surface area contributed by atoms with Gasteiger partial charge in [0.15, 0.2) is 5.60 Å². The van der Waals surface area contributed by atoms with E-state index in [1.54, 1.807) is 24.1 Å². The van der Waals surface area contributed by atoms with Gasteiger partial charge in [-0.1, -0.05) is 30.3 Å². The molecular formula is C28H36N2O6. The van der Waals surface area contributed by atoms with Crippen LogP contribution >= 0.6 is 0 Å². The predicted octanol–water partition coefficient (Wildman–Crippen LogP) is 4.35. The van der Waals surface area contributed by atoms with E-state index in [9.17, 15) is 19.5 Å². The largest absolute Gasteiger partial charge is 0.478 e. The van der Waals surface area contributed by atoms with Crippen molar-refractivity contribution in [2.75, 3.05) is 20.3 Å². The molecule has 1 fully saturated rings. The average molecular weight is 497 g/mol. The fourth-order valence-electron chi connectivity index (χ4n) is 4.21. The van der Waals surface area contributed by atoms with Crippen LogP contribution in [0.4, 0.5) is 4.79 Å². The molecule has 0 spiro atoms. The van der Waals surface area contributed by atoms with E-state index in [1.165, 1.54) is 24.3 Å². The summed E-state index contributed by atoms with van der Waals surface area (Å²) in [6, 6.07) is 12.5. The Hall–Kier alpha value is -3.39. The molecule has 8 heteroatoms. The molecule has 36 heavy (non-hydrogen) atoms. The fraction of sp³-hybridized carbons (Fsp3) is 0.464. The molecule has 0 saturated carbocycles. The normalized spacial score (nSPS) is 16.1. The van der Waals surface area contributed by atoms with Crippen LogP contribution < -0.4 is 4.74 Å². The lowest BCUT2D eigenvalue weighted by Crippen LogP contribution is -2.37. The molecule has 0 aliphatic carbocycles. The van der Waals surface area contributed by atoms with E-state index >= 15 is 0 Å². The van der Waals surface area contributed by atoms with Crippen molar-refractivity contribution in [2.45, 2.75) is 65.1 Å². The van der Waals surface area contributed by atoms with Crippen LogP contribution in [0.2, 0.25) is 0 Å². The van der Waals surface area contributed by atoms with E-state index in [0.717, 1.165) is 23.1 Å². The summed E-state index contributed by atoms with van der Waals surface area (Å²) in [5.41, 5.74) is 2.96.